The van der Waals surface area contributed by atoms with Crippen molar-refractivity contribution in [1.82, 2.24) is 19.4 Å². The number of oxazole rings is 1. The number of aromatic nitrogens is 3. The number of halogens is 3. The first kappa shape index (κ1) is 19.6. The van der Waals surface area contributed by atoms with Crippen LogP contribution in [0.3, 0.4) is 0 Å². The molecule has 1 fully saturated rings. The van der Waals surface area contributed by atoms with Crippen LogP contribution in [0.15, 0.2) is 28.0 Å². The molecular weight excluding hydrogens is 361 g/mol. The zero-order chi connectivity index (χ0) is 19.6. The summed E-state index contributed by atoms with van der Waals surface area (Å²) in [7, 11) is 0. The smallest absolute Gasteiger partial charge is 0.433 e. The van der Waals surface area contributed by atoms with E-state index < -0.39 is 17.4 Å². The molecule has 1 saturated heterocycles. The minimum atomic E-state index is -4.60. The van der Waals surface area contributed by atoms with Crippen LogP contribution in [-0.4, -0.2) is 32.5 Å². The lowest BCUT2D eigenvalue weighted by atomic mass is 9.96. The molecule has 2 aromatic heterocycles. The fraction of sp³-hybridized carbons (Fsp3) is 0.611. The molecule has 2 aromatic rings. The number of rotatable bonds is 5. The Morgan fingerprint density at radius 2 is 1.96 bits per heavy atom. The standard InChI is InChI=1S/C18H23F3N4O2/c1-12(2)17-14(23-11-27-17)9-24-5-3-13(4-6-24)8-25-10-22-15(7-16(25)26)18(19,20)21/h7,10-13H,3-6,8-9H2,1-2H3. The number of hydrogen-bond donors (Lipinski definition) is 0. The van der Waals surface area contributed by atoms with E-state index in [-0.39, 0.29) is 11.8 Å². The van der Waals surface area contributed by atoms with Gasteiger partial charge < -0.3 is 4.42 Å². The van der Waals surface area contributed by atoms with Gasteiger partial charge in [0.15, 0.2) is 12.1 Å². The van der Waals surface area contributed by atoms with Gasteiger partial charge in [0.1, 0.15) is 5.76 Å². The Balaban J connectivity index is 1.55. The van der Waals surface area contributed by atoms with E-state index in [0.717, 1.165) is 50.3 Å². The minimum absolute atomic E-state index is 0.236. The minimum Gasteiger partial charge on any atom is -0.448 e. The monoisotopic (exact) mass is 384 g/mol. The third-order valence-corrected chi connectivity index (χ3v) is 4.90. The van der Waals surface area contributed by atoms with Crippen LogP contribution in [0.1, 0.15) is 49.8 Å². The van der Waals surface area contributed by atoms with Crippen molar-refractivity contribution in [2.24, 2.45) is 5.92 Å². The number of nitrogens with zero attached hydrogens (tertiary/aromatic N) is 4. The summed E-state index contributed by atoms with van der Waals surface area (Å²) in [5, 5.41) is 0. The third-order valence-electron chi connectivity index (χ3n) is 4.90. The van der Waals surface area contributed by atoms with Gasteiger partial charge in [0.25, 0.3) is 5.56 Å². The van der Waals surface area contributed by atoms with Gasteiger partial charge in [0.2, 0.25) is 0 Å². The van der Waals surface area contributed by atoms with Crippen LogP contribution in [0.2, 0.25) is 0 Å². The molecule has 3 rings (SSSR count). The second-order valence-corrected chi connectivity index (χ2v) is 7.30. The van der Waals surface area contributed by atoms with E-state index in [1.807, 2.05) is 0 Å². The highest BCUT2D eigenvalue weighted by atomic mass is 19.4. The first-order chi connectivity index (χ1) is 12.7. The first-order valence-corrected chi connectivity index (χ1v) is 9.02. The van der Waals surface area contributed by atoms with Gasteiger partial charge in [-0.15, -0.1) is 0 Å². The van der Waals surface area contributed by atoms with Crippen molar-refractivity contribution in [3.8, 4) is 0 Å². The van der Waals surface area contributed by atoms with Crippen molar-refractivity contribution in [3.05, 3.63) is 46.3 Å². The van der Waals surface area contributed by atoms with Crippen molar-refractivity contribution in [3.63, 3.8) is 0 Å². The molecule has 0 aromatic carbocycles. The Bertz CT molecular complexity index is 820. The molecule has 0 atom stereocenters. The lowest BCUT2D eigenvalue weighted by Gasteiger charge is -2.31. The number of alkyl halides is 3. The van der Waals surface area contributed by atoms with Crippen LogP contribution in [0.5, 0.6) is 0 Å². The summed E-state index contributed by atoms with van der Waals surface area (Å²) in [6.45, 7) is 6.92. The van der Waals surface area contributed by atoms with E-state index in [0.29, 0.717) is 12.6 Å². The van der Waals surface area contributed by atoms with Crippen LogP contribution in [0.25, 0.3) is 0 Å². The van der Waals surface area contributed by atoms with Gasteiger partial charge in [-0.05, 0) is 31.8 Å². The van der Waals surface area contributed by atoms with E-state index in [2.05, 4.69) is 28.7 Å². The molecule has 6 nitrogen and oxygen atoms in total. The van der Waals surface area contributed by atoms with Gasteiger partial charge in [-0.3, -0.25) is 14.3 Å². The van der Waals surface area contributed by atoms with Crippen molar-refractivity contribution < 1.29 is 17.6 Å². The molecule has 0 unspecified atom stereocenters. The molecule has 1 aliphatic heterocycles. The molecule has 0 saturated carbocycles. The van der Waals surface area contributed by atoms with Crippen molar-refractivity contribution >= 4 is 0 Å². The van der Waals surface area contributed by atoms with Gasteiger partial charge in [0.05, 0.1) is 12.0 Å². The number of likely N-dealkylation sites (tertiary alicyclic amines) is 1. The van der Waals surface area contributed by atoms with E-state index in [4.69, 9.17) is 4.42 Å². The van der Waals surface area contributed by atoms with E-state index in [9.17, 15) is 18.0 Å². The largest absolute Gasteiger partial charge is 0.448 e. The molecule has 0 aliphatic carbocycles. The molecule has 9 heteroatoms. The average Bonchev–Trinajstić information content (AvgIpc) is 3.06. The first-order valence-electron chi connectivity index (χ1n) is 9.02. The molecule has 3 heterocycles. The van der Waals surface area contributed by atoms with Crippen LogP contribution >= 0.6 is 0 Å². The van der Waals surface area contributed by atoms with Gasteiger partial charge in [-0.1, -0.05) is 13.8 Å². The highest BCUT2D eigenvalue weighted by Gasteiger charge is 2.33. The SMILES string of the molecule is CC(C)c1ocnc1CN1CCC(Cn2cnc(C(F)(F)F)cc2=O)CC1. The average molecular weight is 384 g/mol. The lowest BCUT2D eigenvalue weighted by molar-refractivity contribution is -0.141. The maximum absolute atomic E-state index is 12.6. The fourth-order valence-corrected chi connectivity index (χ4v) is 3.40. The van der Waals surface area contributed by atoms with Crippen LogP contribution in [0, 0.1) is 5.92 Å². The molecule has 0 N–H and O–H groups in total. The van der Waals surface area contributed by atoms with Gasteiger partial charge in [0, 0.05) is 25.1 Å². The predicted octanol–water partition coefficient (Wildman–Crippen LogP) is 3.29. The lowest BCUT2D eigenvalue weighted by Crippen LogP contribution is -2.36. The molecule has 0 radical (unpaired) electrons. The molecule has 0 amide bonds. The summed E-state index contributed by atoms with van der Waals surface area (Å²) in [6, 6.07) is 0.563. The molecule has 148 valence electrons. The Kier molecular flexibility index (Phi) is 5.69. The molecule has 0 bridgehead atoms. The van der Waals surface area contributed by atoms with Crippen molar-refractivity contribution in [1.29, 1.82) is 0 Å². The topological polar surface area (TPSA) is 64.2 Å². The Morgan fingerprint density at radius 3 is 2.56 bits per heavy atom. The Morgan fingerprint density at radius 1 is 1.26 bits per heavy atom. The number of piperidine rings is 1. The van der Waals surface area contributed by atoms with E-state index in [1.165, 1.54) is 11.0 Å². The maximum Gasteiger partial charge on any atom is 0.433 e. The highest BCUT2D eigenvalue weighted by molar-refractivity contribution is 5.11. The molecular formula is C18H23F3N4O2. The normalized spacial score (nSPS) is 17.0. The summed E-state index contributed by atoms with van der Waals surface area (Å²) in [6.07, 6.45) is -0.395. The summed E-state index contributed by atoms with van der Waals surface area (Å²) in [5.41, 5.74) is -0.859. The summed E-state index contributed by atoms with van der Waals surface area (Å²) >= 11 is 0. The Hall–Kier alpha value is -2.16. The number of hydrogen-bond acceptors (Lipinski definition) is 5. The van der Waals surface area contributed by atoms with Crippen LogP contribution in [0.4, 0.5) is 13.2 Å². The summed E-state index contributed by atoms with van der Waals surface area (Å²) in [5.74, 6) is 1.41. The maximum atomic E-state index is 12.6. The van der Waals surface area contributed by atoms with Crippen molar-refractivity contribution in [2.75, 3.05) is 13.1 Å². The Labute approximate surface area is 155 Å². The zero-order valence-electron chi connectivity index (χ0n) is 15.4. The van der Waals surface area contributed by atoms with Crippen LogP contribution < -0.4 is 5.56 Å². The second-order valence-electron chi connectivity index (χ2n) is 7.30. The third kappa shape index (κ3) is 4.77. The molecule has 1 aliphatic rings. The molecule has 27 heavy (non-hydrogen) atoms. The van der Waals surface area contributed by atoms with E-state index in [1.54, 1.807) is 0 Å². The zero-order valence-corrected chi connectivity index (χ0v) is 15.4. The fourth-order valence-electron chi connectivity index (χ4n) is 3.40. The molecule has 0 spiro atoms. The van der Waals surface area contributed by atoms with Gasteiger partial charge in [-0.2, -0.15) is 13.2 Å². The highest BCUT2D eigenvalue weighted by Crippen LogP contribution is 2.26. The quantitative estimate of drug-likeness (QED) is 0.792. The van der Waals surface area contributed by atoms with Gasteiger partial charge in [-0.25, -0.2) is 9.97 Å². The van der Waals surface area contributed by atoms with Crippen LogP contribution in [-0.2, 0) is 19.3 Å². The summed E-state index contributed by atoms with van der Waals surface area (Å²) in [4.78, 5) is 21.9. The predicted molar refractivity (Wildman–Crippen MR) is 92.1 cm³/mol. The second kappa shape index (κ2) is 7.84. The van der Waals surface area contributed by atoms with Crippen molar-refractivity contribution in [2.45, 2.75) is 51.9 Å². The van der Waals surface area contributed by atoms with E-state index >= 15 is 0 Å². The van der Waals surface area contributed by atoms with Gasteiger partial charge >= 0.3 is 6.18 Å². The summed E-state index contributed by atoms with van der Waals surface area (Å²) < 4.78 is 44.5.